The van der Waals surface area contributed by atoms with E-state index in [1.807, 2.05) is 6.07 Å². The van der Waals surface area contributed by atoms with Gasteiger partial charge in [-0.3, -0.25) is 9.59 Å². The third-order valence-electron chi connectivity index (χ3n) is 6.75. The van der Waals surface area contributed by atoms with Crippen molar-refractivity contribution in [1.29, 1.82) is 0 Å². The number of nitrogens with one attached hydrogen (secondary N) is 1. The molecule has 0 bridgehead atoms. The van der Waals surface area contributed by atoms with Gasteiger partial charge in [-0.25, -0.2) is 9.78 Å². The molecule has 0 spiro atoms. The molecule has 212 valence electrons. The molecule has 4 rings (SSSR count). The van der Waals surface area contributed by atoms with E-state index in [9.17, 15) is 14.4 Å². The third-order valence-corrected chi connectivity index (χ3v) is 7.76. The van der Waals surface area contributed by atoms with Crippen molar-refractivity contribution in [3.63, 3.8) is 0 Å². The fourth-order valence-electron chi connectivity index (χ4n) is 4.70. The van der Waals surface area contributed by atoms with E-state index >= 15 is 0 Å². The molecule has 1 saturated heterocycles. The summed E-state index contributed by atoms with van der Waals surface area (Å²) in [6.07, 6.45) is 1.40. The molecule has 1 N–H and O–H groups in total. The lowest BCUT2D eigenvalue weighted by atomic mass is 9.96. The molecule has 1 aromatic heterocycles. The number of rotatable bonds is 10. The number of ether oxygens (including phenoxy) is 4. The molecule has 0 radical (unpaired) electrons. The van der Waals surface area contributed by atoms with Gasteiger partial charge in [0, 0.05) is 24.4 Å². The highest BCUT2D eigenvalue weighted by Gasteiger charge is 2.31. The van der Waals surface area contributed by atoms with Gasteiger partial charge in [0.25, 0.3) is 11.8 Å². The third kappa shape index (κ3) is 6.20. The van der Waals surface area contributed by atoms with E-state index in [2.05, 4.69) is 10.3 Å². The van der Waals surface area contributed by atoms with Gasteiger partial charge in [0.1, 0.15) is 5.69 Å². The van der Waals surface area contributed by atoms with Crippen molar-refractivity contribution in [1.82, 2.24) is 15.2 Å². The minimum Gasteiger partial charge on any atom is -0.493 e. The van der Waals surface area contributed by atoms with Gasteiger partial charge in [0.15, 0.2) is 17.5 Å². The lowest BCUT2D eigenvalue weighted by molar-refractivity contribution is -0.145. The number of hydrogen-bond donors (Lipinski definition) is 1. The second-order valence-electron chi connectivity index (χ2n) is 9.09. The zero-order chi connectivity index (χ0) is 28.6. The molecule has 0 aliphatic carbocycles. The highest BCUT2D eigenvalue weighted by Crippen LogP contribution is 2.41. The molecule has 2 amide bonds. The number of carbonyl (C=O) groups excluding carboxylic acids is 3. The number of benzene rings is 2. The maximum Gasteiger partial charge on any atom is 0.333 e. The Bertz CT molecular complexity index is 1340. The average Bonchev–Trinajstić information content (AvgIpc) is 3.50. The number of piperidine rings is 1. The molecule has 1 atom stereocenters. The van der Waals surface area contributed by atoms with E-state index in [0.717, 1.165) is 5.01 Å². The molecular formula is C29H33N3O7S. The summed E-state index contributed by atoms with van der Waals surface area (Å²) in [7, 11) is 4.52. The van der Waals surface area contributed by atoms with E-state index in [1.54, 1.807) is 53.6 Å². The van der Waals surface area contributed by atoms with E-state index in [4.69, 9.17) is 18.9 Å². The Hall–Kier alpha value is -4.12. The minimum atomic E-state index is -0.929. The number of likely N-dealkylation sites (tertiary alicyclic amines) is 1. The van der Waals surface area contributed by atoms with Crippen LogP contribution in [0.5, 0.6) is 17.2 Å². The van der Waals surface area contributed by atoms with Gasteiger partial charge in [-0.15, -0.1) is 11.3 Å². The van der Waals surface area contributed by atoms with Crippen LogP contribution in [0.3, 0.4) is 0 Å². The van der Waals surface area contributed by atoms with Gasteiger partial charge in [0.2, 0.25) is 5.75 Å². The molecule has 11 heteroatoms. The van der Waals surface area contributed by atoms with Gasteiger partial charge in [-0.1, -0.05) is 30.3 Å². The topological polar surface area (TPSA) is 116 Å². The predicted octanol–water partition coefficient (Wildman–Crippen LogP) is 4.22. The smallest absolute Gasteiger partial charge is 0.333 e. The van der Waals surface area contributed by atoms with Crippen molar-refractivity contribution in [2.75, 3.05) is 41.0 Å². The lowest BCUT2D eigenvalue weighted by Crippen LogP contribution is -2.38. The quantitative estimate of drug-likeness (QED) is 0.362. The molecule has 40 heavy (non-hydrogen) atoms. The molecule has 3 aromatic rings. The molecule has 1 aliphatic rings. The Morgan fingerprint density at radius 1 is 1.00 bits per heavy atom. The van der Waals surface area contributed by atoms with Crippen LogP contribution in [-0.4, -0.2) is 68.7 Å². The van der Waals surface area contributed by atoms with Crippen molar-refractivity contribution in [3.8, 4) is 17.2 Å². The minimum absolute atomic E-state index is 0.109. The van der Waals surface area contributed by atoms with Gasteiger partial charge >= 0.3 is 5.97 Å². The van der Waals surface area contributed by atoms with Crippen molar-refractivity contribution in [2.45, 2.75) is 31.7 Å². The standard InChI is InChI=1S/C29H33N3O7S/c1-5-39-29(35)23(18-9-7-6-8-10-18)31-26(33)21-17-40-27(30-21)19-13-15-32(16-14-19)28(34)20-11-12-22(36-2)25(38-4)24(20)37-3/h6-12,17,19,23H,5,13-16H2,1-4H3,(H,31,33). The number of hydrogen-bond acceptors (Lipinski definition) is 9. The summed E-state index contributed by atoms with van der Waals surface area (Å²) < 4.78 is 21.4. The zero-order valence-corrected chi connectivity index (χ0v) is 23.8. The zero-order valence-electron chi connectivity index (χ0n) is 23.0. The Kier molecular flexibility index (Phi) is 9.60. The van der Waals surface area contributed by atoms with E-state index in [0.29, 0.717) is 54.3 Å². The predicted molar refractivity (Wildman–Crippen MR) is 149 cm³/mol. The first-order valence-corrected chi connectivity index (χ1v) is 13.9. The Morgan fingerprint density at radius 3 is 2.33 bits per heavy atom. The number of esters is 1. The number of methoxy groups -OCH3 is 3. The molecule has 10 nitrogen and oxygen atoms in total. The summed E-state index contributed by atoms with van der Waals surface area (Å²) in [6.45, 7) is 2.98. The largest absolute Gasteiger partial charge is 0.493 e. The molecule has 2 aromatic carbocycles. The second-order valence-corrected chi connectivity index (χ2v) is 9.98. The Labute approximate surface area is 237 Å². The first-order chi connectivity index (χ1) is 19.4. The summed E-state index contributed by atoms with van der Waals surface area (Å²) in [5, 5.41) is 5.29. The van der Waals surface area contributed by atoms with E-state index in [-0.39, 0.29) is 24.1 Å². The van der Waals surface area contributed by atoms with Crippen LogP contribution in [0, 0.1) is 0 Å². The number of carbonyl (C=O) groups is 3. The maximum atomic E-state index is 13.4. The summed E-state index contributed by atoms with van der Waals surface area (Å²) >= 11 is 1.41. The fourth-order valence-corrected chi connectivity index (χ4v) is 5.67. The first kappa shape index (κ1) is 28.9. The molecule has 1 fully saturated rings. The van der Waals surface area contributed by atoms with Gasteiger partial charge in [-0.2, -0.15) is 0 Å². The highest BCUT2D eigenvalue weighted by molar-refractivity contribution is 7.09. The summed E-state index contributed by atoms with van der Waals surface area (Å²) in [5.41, 5.74) is 1.29. The van der Waals surface area contributed by atoms with Gasteiger partial charge in [0.05, 0.1) is 38.5 Å². The number of thiazole rings is 1. The van der Waals surface area contributed by atoms with Crippen molar-refractivity contribution < 1.29 is 33.3 Å². The van der Waals surface area contributed by atoms with Crippen molar-refractivity contribution in [3.05, 3.63) is 69.7 Å². The fraction of sp³-hybridized carbons (Fsp3) is 0.379. The van der Waals surface area contributed by atoms with Crippen LogP contribution < -0.4 is 19.5 Å². The Morgan fingerprint density at radius 2 is 1.70 bits per heavy atom. The van der Waals surface area contributed by atoms with Gasteiger partial charge < -0.3 is 29.2 Å². The van der Waals surface area contributed by atoms with Crippen LogP contribution in [0.1, 0.15) is 63.1 Å². The second kappa shape index (κ2) is 13.3. The molecule has 2 heterocycles. The van der Waals surface area contributed by atoms with Crippen molar-refractivity contribution >= 4 is 29.1 Å². The maximum absolute atomic E-state index is 13.4. The lowest BCUT2D eigenvalue weighted by Gasteiger charge is -2.31. The molecule has 0 saturated carbocycles. The SMILES string of the molecule is CCOC(=O)C(NC(=O)c1csc(C2CCN(C(=O)c3ccc(OC)c(OC)c3OC)CC2)n1)c1ccccc1. The van der Waals surface area contributed by atoms with Crippen LogP contribution in [-0.2, 0) is 9.53 Å². The molecular weight excluding hydrogens is 534 g/mol. The molecule has 1 unspecified atom stereocenters. The normalized spacial score (nSPS) is 14.2. The average molecular weight is 568 g/mol. The first-order valence-electron chi connectivity index (χ1n) is 13.0. The van der Waals surface area contributed by atoms with Crippen LogP contribution in [0.15, 0.2) is 47.8 Å². The summed E-state index contributed by atoms with van der Waals surface area (Å²) in [6, 6.07) is 11.4. The summed E-state index contributed by atoms with van der Waals surface area (Å²) in [5.74, 6) is 0.172. The monoisotopic (exact) mass is 567 g/mol. The van der Waals surface area contributed by atoms with E-state index < -0.39 is 17.9 Å². The summed E-state index contributed by atoms with van der Waals surface area (Å²) in [4.78, 5) is 45.3. The van der Waals surface area contributed by atoms with Crippen LogP contribution in [0.25, 0.3) is 0 Å². The number of amides is 2. The van der Waals surface area contributed by atoms with E-state index in [1.165, 1.54) is 32.7 Å². The molecule has 1 aliphatic heterocycles. The van der Waals surface area contributed by atoms with Crippen LogP contribution in [0.4, 0.5) is 0 Å². The van der Waals surface area contributed by atoms with Crippen LogP contribution >= 0.6 is 11.3 Å². The number of nitrogens with zero attached hydrogens (tertiary/aromatic N) is 2. The Balaban J connectivity index is 1.41. The van der Waals surface area contributed by atoms with Crippen molar-refractivity contribution in [2.24, 2.45) is 0 Å². The highest BCUT2D eigenvalue weighted by atomic mass is 32.1. The van der Waals surface area contributed by atoms with Gasteiger partial charge in [-0.05, 0) is 37.5 Å². The number of aromatic nitrogens is 1. The van der Waals surface area contributed by atoms with Crippen LogP contribution in [0.2, 0.25) is 0 Å².